The van der Waals surface area contributed by atoms with Crippen molar-refractivity contribution in [2.45, 2.75) is 6.54 Å². The first-order valence-corrected chi connectivity index (χ1v) is 5.19. The Balaban J connectivity index is 1.88. The summed E-state index contributed by atoms with van der Waals surface area (Å²) in [4.78, 5) is 6.95. The van der Waals surface area contributed by atoms with Crippen molar-refractivity contribution in [2.75, 3.05) is 11.9 Å². The molecule has 2 aromatic rings. The van der Waals surface area contributed by atoms with E-state index in [1.54, 1.807) is 12.5 Å². The minimum atomic E-state index is 0.0704. The third-order valence-electron chi connectivity index (χ3n) is 2.20. The van der Waals surface area contributed by atoms with E-state index in [1.807, 2.05) is 30.3 Å². The van der Waals surface area contributed by atoms with Crippen molar-refractivity contribution in [3.63, 3.8) is 0 Å². The van der Waals surface area contributed by atoms with Gasteiger partial charge >= 0.3 is 0 Å². The number of aromatic amines is 1. The normalized spacial score (nSPS) is 9.59. The van der Waals surface area contributed by atoms with Crippen LogP contribution < -0.4 is 10.1 Å². The van der Waals surface area contributed by atoms with Gasteiger partial charge in [-0.3, -0.25) is 0 Å². The number of aromatic nitrogens is 2. The van der Waals surface area contributed by atoms with Crippen LogP contribution in [-0.4, -0.2) is 16.6 Å². The van der Waals surface area contributed by atoms with E-state index in [1.165, 1.54) is 0 Å². The van der Waals surface area contributed by atoms with Gasteiger partial charge in [-0.1, -0.05) is 0 Å². The lowest BCUT2D eigenvalue weighted by Crippen LogP contribution is -1.99. The first-order valence-electron chi connectivity index (χ1n) is 5.19. The minimum Gasteiger partial charge on any atom is -0.479 e. The second kappa shape index (κ2) is 5.56. The highest BCUT2D eigenvalue weighted by Crippen LogP contribution is 2.15. The predicted molar refractivity (Wildman–Crippen MR) is 63.5 cm³/mol. The molecule has 2 rings (SSSR count). The molecule has 0 fully saturated rings. The molecule has 1 aromatic heterocycles. The van der Waals surface area contributed by atoms with Gasteiger partial charge in [-0.2, -0.15) is 5.26 Å². The van der Waals surface area contributed by atoms with E-state index < -0.39 is 0 Å². The van der Waals surface area contributed by atoms with E-state index in [9.17, 15) is 0 Å². The van der Waals surface area contributed by atoms with Crippen molar-refractivity contribution in [2.24, 2.45) is 0 Å². The summed E-state index contributed by atoms with van der Waals surface area (Å²) in [7, 11) is 0. The fourth-order valence-electron chi connectivity index (χ4n) is 1.36. The molecule has 0 bridgehead atoms. The van der Waals surface area contributed by atoms with Crippen molar-refractivity contribution < 1.29 is 4.74 Å². The fraction of sp³-hybridized carbons (Fsp3) is 0.167. The van der Waals surface area contributed by atoms with Crippen LogP contribution in [0.1, 0.15) is 5.69 Å². The molecule has 0 amide bonds. The van der Waals surface area contributed by atoms with Crippen LogP contribution in [0.3, 0.4) is 0 Å². The van der Waals surface area contributed by atoms with Crippen LogP contribution in [0.15, 0.2) is 36.8 Å². The van der Waals surface area contributed by atoms with E-state index in [0.29, 0.717) is 12.3 Å². The molecule has 0 atom stereocenters. The maximum Gasteiger partial charge on any atom is 0.174 e. The van der Waals surface area contributed by atoms with Crippen LogP contribution in [0.4, 0.5) is 5.69 Å². The summed E-state index contributed by atoms with van der Waals surface area (Å²) in [5, 5.41) is 11.6. The van der Waals surface area contributed by atoms with Crippen molar-refractivity contribution in [1.29, 1.82) is 5.26 Å². The average Bonchev–Trinajstić information content (AvgIpc) is 2.88. The van der Waals surface area contributed by atoms with Gasteiger partial charge < -0.3 is 15.0 Å². The molecule has 0 spiro atoms. The summed E-state index contributed by atoms with van der Waals surface area (Å²) in [5.74, 6) is 0.693. The molecule has 17 heavy (non-hydrogen) atoms. The first kappa shape index (κ1) is 11.0. The molecule has 0 unspecified atom stereocenters. The van der Waals surface area contributed by atoms with Crippen LogP contribution in [0.2, 0.25) is 0 Å². The van der Waals surface area contributed by atoms with Gasteiger partial charge in [0.05, 0.1) is 18.6 Å². The summed E-state index contributed by atoms with van der Waals surface area (Å²) in [6.45, 7) is 0.763. The maximum absolute atomic E-state index is 8.38. The van der Waals surface area contributed by atoms with E-state index >= 15 is 0 Å². The van der Waals surface area contributed by atoms with Gasteiger partial charge in [-0.25, -0.2) is 4.98 Å². The summed E-state index contributed by atoms with van der Waals surface area (Å²) in [6, 6.07) is 9.39. The van der Waals surface area contributed by atoms with E-state index in [4.69, 9.17) is 10.00 Å². The monoisotopic (exact) mass is 228 g/mol. The molecule has 0 saturated carbocycles. The topological polar surface area (TPSA) is 73.7 Å². The average molecular weight is 228 g/mol. The number of H-pyrrole nitrogens is 1. The summed E-state index contributed by atoms with van der Waals surface area (Å²) in [6.07, 6.45) is 3.42. The third-order valence-corrected chi connectivity index (χ3v) is 2.20. The summed E-state index contributed by atoms with van der Waals surface area (Å²) >= 11 is 0. The molecule has 1 aromatic carbocycles. The number of hydrogen-bond acceptors (Lipinski definition) is 4. The predicted octanol–water partition coefficient (Wildman–Crippen LogP) is 1.92. The fourth-order valence-corrected chi connectivity index (χ4v) is 1.36. The Kier molecular flexibility index (Phi) is 3.61. The number of nitrogens with zero attached hydrogens (tertiary/aromatic N) is 2. The first-order chi connectivity index (χ1) is 8.38. The van der Waals surface area contributed by atoms with Crippen LogP contribution >= 0.6 is 0 Å². The van der Waals surface area contributed by atoms with Gasteiger partial charge in [0.2, 0.25) is 0 Å². The number of hydrogen-bond donors (Lipinski definition) is 2. The molecule has 86 valence electrons. The highest BCUT2D eigenvalue weighted by atomic mass is 16.5. The molecular weight excluding hydrogens is 216 g/mol. The molecule has 1 heterocycles. The quantitative estimate of drug-likeness (QED) is 0.820. The van der Waals surface area contributed by atoms with E-state index in [0.717, 1.165) is 11.4 Å². The van der Waals surface area contributed by atoms with Crippen molar-refractivity contribution in [3.05, 3.63) is 42.5 Å². The number of nitriles is 1. The zero-order valence-corrected chi connectivity index (χ0v) is 9.18. The Morgan fingerprint density at radius 3 is 2.82 bits per heavy atom. The zero-order valence-electron chi connectivity index (χ0n) is 9.18. The second-order valence-electron chi connectivity index (χ2n) is 3.40. The van der Waals surface area contributed by atoms with Gasteiger partial charge in [0.15, 0.2) is 6.61 Å². The van der Waals surface area contributed by atoms with Gasteiger partial charge in [0.25, 0.3) is 0 Å². The molecule has 5 nitrogen and oxygen atoms in total. The number of nitrogens with one attached hydrogen (secondary N) is 2. The lowest BCUT2D eigenvalue weighted by Gasteiger charge is -2.06. The lowest BCUT2D eigenvalue weighted by molar-refractivity contribution is 0.368. The minimum absolute atomic E-state index is 0.0704. The SMILES string of the molecule is N#CCOc1ccc(NCc2cnc[nH]2)cc1. The Bertz CT molecular complexity index is 484. The smallest absolute Gasteiger partial charge is 0.174 e. The van der Waals surface area contributed by atoms with Gasteiger partial charge in [0, 0.05) is 11.9 Å². The molecule has 0 aliphatic carbocycles. The van der Waals surface area contributed by atoms with Crippen LogP contribution in [-0.2, 0) is 6.54 Å². The number of rotatable bonds is 5. The highest BCUT2D eigenvalue weighted by Gasteiger charge is 1.96. The van der Waals surface area contributed by atoms with Crippen LogP contribution in [0.5, 0.6) is 5.75 Å². The second-order valence-corrected chi connectivity index (χ2v) is 3.40. The van der Waals surface area contributed by atoms with Gasteiger partial charge in [-0.05, 0) is 24.3 Å². The van der Waals surface area contributed by atoms with Crippen molar-refractivity contribution in [3.8, 4) is 11.8 Å². The van der Waals surface area contributed by atoms with E-state index in [-0.39, 0.29) is 6.61 Å². The third kappa shape index (κ3) is 3.24. The highest BCUT2D eigenvalue weighted by molar-refractivity contribution is 5.46. The Labute approximate surface area is 99.1 Å². The Hall–Kier alpha value is -2.48. The van der Waals surface area contributed by atoms with Crippen molar-refractivity contribution >= 4 is 5.69 Å². The molecule has 0 aliphatic rings. The Morgan fingerprint density at radius 2 is 2.18 bits per heavy atom. The van der Waals surface area contributed by atoms with Crippen molar-refractivity contribution in [1.82, 2.24) is 9.97 Å². The number of anilines is 1. The molecule has 0 aliphatic heterocycles. The molecule has 0 saturated heterocycles. The van der Waals surface area contributed by atoms with Crippen LogP contribution in [0, 0.1) is 11.3 Å². The zero-order chi connectivity index (χ0) is 11.9. The molecular formula is C12H12N4O. The lowest BCUT2D eigenvalue weighted by atomic mass is 10.3. The summed E-state index contributed by atoms with van der Waals surface area (Å²) < 4.78 is 5.16. The Morgan fingerprint density at radius 1 is 1.35 bits per heavy atom. The molecule has 2 N–H and O–H groups in total. The van der Waals surface area contributed by atoms with E-state index in [2.05, 4.69) is 15.3 Å². The largest absolute Gasteiger partial charge is 0.479 e. The number of benzene rings is 1. The van der Waals surface area contributed by atoms with Gasteiger partial charge in [0.1, 0.15) is 11.8 Å². The van der Waals surface area contributed by atoms with Gasteiger partial charge in [-0.15, -0.1) is 0 Å². The summed E-state index contributed by atoms with van der Waals surface area (Å²) in [5.41, 5.74) is 2.01. The molecule has 5 heteroatoms. The maximum atomic E-state index is 8.38. The van der Waals surface area contributed by atoms with Crippen LogP contribution in [0.25, 0.3) is 0 Å². The number of imidazole rings is 1. The standard InChI is InChI=1S/C12H12N4O/c13-5-6-17-12-3-1-10(2-4-12)15-8-11-7-14-9-16-11/h1-4,7,9,15H,6,8H2,(H,14,16). The number of ether oxygens (including phenoxy) is 1. The molecule has 0 radical (unpaired) electrons.